The molecule has 2 saturated heterocycles. The molecule has 0 atom stereocenters. The van der Waals surface area contributed by atoms with E-state index in [1.807, 2.05) is 4.90 Å². The van der Waals surface area contributed by atoms with Gasteiger partial charge in [0.15, 0.2) is 0 Å². The zero-order chi connectivity index (χ0) is 22.2. The number of carbonyl (C=O) groups excluding carboxylic acids is 1. The van der Waals surface area contributed by atoms with Gasteiger partial charge in [-0.25, -0.2) is 4.79 Å². The average Bonchev–Trinajstić information content (AvgIpc) is 2.68. The maximum Gasteiger partial charge on any atom is 0.317 e. The molecule has 0 saturated carbocycles. The Morgan fingerprint density at radius 1 is 1.00 bits per heavy atom. The number of likely N-dealkylation sites (tertiary alicyclic amines) is 2. The van der Waals surface area contributed by atoms with Crippen LogP contribution in [0, 0.1) is 11.8 Å². The number of amides is 2. The molecule has 30 heavy (non-hydrogen) atoms. The van der Waals surface area contributed by atoms with Crippen molar-refractivity contribution in [2.45, 2.75) is 90.7 Å². The van der Waals surface area contributed by atoms with Gasteiger partial charge in [-0.3, -0.25) is 0 Å². The number of nitrogens with two attached hydrogens (primary N) is 1. The molecule has 0 bridgehead atoms. The zero-order valence-electron chi connectivity index (χ0n) is 20.3. The number of hydrogen-bond acceptors (Lipinski definition) is 4. The summed E-state index contributed by atoms with van der Waals surface area (Å²) in [6.45, 7) is 17.3. The number of carbonyl (C=O) groups is 1. The van der Waals surface area contributed by atoms with Crippen LogP contribution >= 0.6 is 0 Å². The minimum Gasteiger partial charge on any atom is -0.375 e. The fourth-order valence-corrected chi connectivity index (χ4v) is 4.81. The van der Waals surface area contributed by atoms with Gasteiger partial charge >= 0.3 is 6.03 Å². The van der Waals surface area contributed by atoms with Gasteiger partial charge < -0.3 is 25.6 Å². The highest BCUT2D eigenvalue weighted by atomic mass is 16.5. The van der Waals surface area contributed by atoms with Gasteiger partial charge in [0, 0.05) is 25.2 Å². The molecule has 6 heteroatoms. The Labute approximate surface area is 185 Å². The van der Waals surface area contributed by atoms with Gasteiger partial charge in [0.2, 0.25) is 0 Å². The molecule has 2 aliphatic heterocycles. The van der Waals surface area contributed by atoms with Crippen LogP contribution in [-0.4, -0.2) is 72.8 Å². The first-order valence-corrected chi connectivity index (χ1v) is 12.3. The van der Waals surface area contributed by atoms with E-state index in [0.29, 0.717) is 13.2 Å². The van der Waals surface area contributed by atoms with E-state index in [4.69, 9.17) is 10.5 Å². The lowest BCUT2D eigenvalue weighted by molar-refractivity contribution is -0.0286. The molecule has 0 aromatic rings. The maximum atomic E-state index is 12.8. The second kappa shape index (κ2) is 11.7. The molecule has 0 spiro atoms. The minimum absolute atomic E-state index is 0.0796. The lowest BCUT2D eigenvalue weighted by Gasteiger charge is -2.38. The smallest absolute Gasteiger partial charge is 0.317 e. The monoisotopic (exact) mass is 424 g/mol. The molecule has 2 heterocycles. The normalized spacial score (nSPS) is 20.5. The highest BCUT2D eigenvalue weighted by Crippen LogP contribution is 2.30. The van der Waals surface area contributed by atoms with Crippen LogP contribution in [0.1, 0.15) is 79.6 Å². The van der Waals surface area contributed by atoms with Gasteiger partial charge in [0.25, 0.3) is 0 Å². The van der Waals surface area contributed by atoms with Crippen molar-refractivity contribution in [3.05, 3.63) is 0 Å². The molecular weight excluding hydrogens is 376 g/mol. The third-order valence-electron chi connectivity index (χ3n) is 7.13. The van der Waals surface area contributed by atoms with Crippen LogP contribution in [0.4, 0.5) is 4.79 Å². The molecule has 0 aromatic heterocycles. The van der Waals surface area contributed by atoms with Crippen LogP contribution in [0.3, 0.4) is 0 Å². The van der Waals surface area contributed by atoms with Gasteiger partial charge in [-0.2, -0.15) is 0 Å². The van der Waals surface area contributed by atoms with E-state index in [2.05, 4.69) is 44.8 Å². The summed E-state index contributed by atoms with van der Waals surface area (Å²) >= 11 is 0. The number of nitrogens with zero attached hydrogens (tertiary/aromatic N) is 2. The Morgan fingerprint density at radius 2 is 1.57 bits per heavy atom. The first-order chi connectivity index (χ1) is 14.1. The summed E-state index contributed by atoms with van der Waals surface area (Å²) in [6, 6.07) is 0.0796. The molecule has 176 valence electrons. The quantitative estimate of drug-likeness (QED) is 0.559. The van der Waals surface area contributed by atoms with Crippen LogP contribution < -0.4 is 11.1 Å². The molecule has 6 nitrogen and oxygen atoms in total. The fraction of sp³-hybridized carbons (Fsp3) is 0.958. The fourth-order valence-electron chi connectivity index (χ4n) is 4.81. The summed E-state index contributed by atoms with van der Waals surface area (Å²) in [7, 11) is 0. The van der Waals surface area contributed by atoms with E-state index in [1.54, 1.807) is 0 Å². The topological polar surface area (TPSA) is 70.8 Å². The van der Waals surface area contributed by atoms with Gasteiger partial charge in [-0.1, -0.05) is 6.92 Å². The van der Waals surface area contributed by atoms with Crippen molar-refractivity contribution >= 4 is 6.03 Å². The Morgan fingerprint density at radius 3 is 2.10 bits per heavy atom. The van der Waals surface area contributed by atoms with Crippen molar-refractivity contribution in [2.24, 2.45) is 17.6 Å². The van der Waals surface area contributed by atoms with Crippen molar-refractivity contribution in [3.8, 4) is 0 Å². The van der Waals surface area contributed by atoms with Crippen molar-refractivity contribution in [3.63, 3.8) is 0 Å². The molecule has 0 aliphatic carbocycles. The van der Waals surface area contributed by atoms with Gasteiger partial charge in [-0.15, -0.1) is 0 Å². The van der Waals surface area contributed by atoms with Crippen LogP contribution in [0.25, 0.3) is 0 Å². The van der Waals surface area contributed by atoms with Crippen molar-refractivity contribution < 1.29 is 9.53 Å². The first kappa shape index (κ1) is 25.4. The molecule has 0 aromatic carbocycles. The van der Waals surface area contributed by atoms with Crippen LogP contribution in [0.5, 0.6) is 0 Å². The number of urea groups is 1. The molecule has 3 N–H and O–H groups in total. The second-order valence-corrected chi connectivity index (χ2v) is 10.8. The maximum absolute atomic E-state index is 12.8. The van der Waals surface area contributed by atoms with Gasteiger partial charge in [0.05, 0.1) is 5.60 Å². The molecule has 2 rings (SSSR count). The lowest BCUT2D eigenvalue weighted by Crippen LogP contribution is -2.52. The summed E-state index contributed by atoms with van der Waals surface area (Å²) in [5, 5.41) is 3.23. The Hall–Kier alpha value is -0.850. The second-order valence-electron chi connectivity index (χ2n) is 10.8. The molecule has 2 fully saturated rings. The van der Waals surface area contributed by atoms with E-state index in [0.717, 1.165) is 50.6 Å². The summed E-state index contributed by atoms with van der Waals surface area (Å²) in [6.07, 6.45) is 8.00. The summed E-state index contributed by atoms with van der Waals surface area (Å²) in [5.41, 5.74) is 5.17. The highest BCUT2D eigenvalue weighted by molar-refractivity contribution is 5.75. The number of rotatable bonds is 10. The number of ether oxygens (including phenoxy) is 1. The lowest BCUT2D eigenvalue weighted by atomic mass is 9.83. The Bertz CT molecular complexity index is 507. The van der Waals surface area contributed by atoms with Gasteiger partial charge in [0.1, 0.15) is 0 Å². The standard InChI is InChI=1S/C24H48N4O2/c1-6-27-14-7-20(8-15-27)19-21-9-16-28(17-10-21)22(29)26-23(2,3)12-18-30-24(4,5)11-13-25/h20-21H,6-19,25H2,1-5H3,(H,26,29). The van der Waals surface area contributed by atoms with Crippen LogP contribution in [-0.2, 0) is 4.74 Å². The average molecular weight is 425 g/mol. The SMILES string of the molecule is CCN1CCC(CC2CCN(C(=O)NC(C)(C)CCOC(C)(C)CCN)CC2)CC1. The van der Waals surface area contributed by atoms with E-state index >= 15 is 0 Å². The largest absolute Gasteiger partial charge is 0.375 e. The van der Waals surface area contributed by atoms with Gasteiger partial charge in [-0.05, 0) is 111 Å². The van der Waals surface area contributed by atoms with Crippen molar-refractivity contribution in [2.75, 3.05) is 45.9 Å². The van der Waals surface area contributed by atoms with E-state index in [-0.39, 0.29) is 17.2 Å². The Kier molecular flexibility index (Phi) is 9.89. The summed E-state index contributed by atoms with van der Waals surface area (Å²) in [5.74, 6) is 1.68. The highest BCUT2D eigenvalue weighted by Gasteiger charge is 2.29. The van der Waals surface area contributed by atoms with Crippen molar-refractivity contribution in [1.29, 1.82) is 0 Å². The third kappa shape index (κ3) is 8.72. The first-order valence-electron chi connectivity index (χ1n) is 12.3. The van der Waals surface area contributed by atoms with Crippen molar-refractivity contribution in [1.82, 2.24) is 15.1 Å². The predicted octanol–water partition coefficient (Wildman–Crippen LogP) is 3.84. The molecule has 2 aliphatic rings. The van der Waals surface area contributed by atoms with E-state index in [1.165, 1.54) is 38.9 Å². The number of hydrogen-bond donors (Lipinski definition) is 2. The molecule has 0 unspecified atom stereocenters. The van der Waals surface area contributed by atoms with Crippen LogP contribution in [0.2, 0.25) is 0 Å². The van der Waals surface area contributed by atoms with E-state index in [9.17, 15) is 4.79 Å². The molecule has 0 radical (unpaired) electrons. The third-order valence-corrected chi connectivity index (χ3v) is 7.13. The number of nitrogens with one attached hydrogen (secondary N) is 1. The van der Waals surface area contributed by atoms with Crippen LogP contribution in [0.15, 0.2) is 0 Å². The summed E-state index contributed by atoms with van der Waals surface area (Å²) < 4.78 is 5.98. The summed E-state index contributed by atoms with van der Waals surface area (Å²) in [4.78, 5) is 17.4. The Balaban J connectivity index is 1.66. The minimum atomic E-state index is -0.278. The molecule has 2 amide bonds. The zero-order valence-corrected chi connectivity index (χ0v) is 20.3. The predicted molar refractivity (Wildman–Crippen MR) is 125 cm³/mol. The molecular formula is C24H48N4O2. The van der Waals surface area contributed by atoms with E-state index < -0.39 is 0 Å². The number of piperidine rings is 2.